The number of hydrogen-bond acceptors (Lipinski definition) is 2. The predicted molar refractivity (Wildman–Crippen MR) is 76.5 cm³/mol. The first-order valence-corrected chi connectivity index (χ1v) is 6.15. The SMILES string of the molecule is COc1cc(F)cc2c(=O)cc(-c3ccccc3)[nH]c12. The highest BCUT2D eigenvalue weighted by atomic mass is 19.1. The summed E-state index contributed by atoms with van der Waals surface area (Å²) in [6, 6.07) is 13.4. The monoisotopic (exact) mass is 269 g/mol. The molecule has 1 aromatic heterocycles. The van der Waals surface area contributed by atoms with Crippen LogP contribution in [0, 0.1) is 5.82 Å². The number of hydrogen-bond donors (Lipinski definition) is 1. The van der Waals surface area contributed by atoms with Gasteiger partial charge in [0.2, 0.25) is 0 Å². The normalized spacial score (nSPS) is 10.7. The summed E-state index contributed by atoms with van der Waals surface area (Å²) in [5.74, 6) is -0.179. The number of H-pyrrole nitrogens is 1. The Kier molecular flexibility index (Phi) is 2.99. The highest BCUT2D eigenvalue weighted by Gasteiger charge is 2.10. The van der Waals surface area contributed by atoms with E-state index in [4.69, 9.17) is 4.74 Å². The number of aromatic nitrogens is 1. The van der Waals surface area contributed by atoms with Crippen molar-refractivity contribution in [3.63, 3.8) is 0 Å². The molecule has 0 saturated carbocycles. The van der Waals surface area contributed by atoms with Gasteiger partial charge in [0, 0.05) is 17.8 Å². The Morgan fingerprint density at radius 1 is 1.10 bits per heavy atom. The fraction of sp³-hybridized carbons (Fsp3) is 0.0625. The van der Waals surface area contributed by atoms with Crippen LogP contribution in [0.25, 0.3) is 22.2 Å². The van der Waals surface area contributed by atoms with Gasteiger partial charge in [0.1, 0.15) is 11.6 Å². The lowest BCUT2D eigenvalue weighted by atomic mass is 10.1. The third kappa shape index (κ3) is 2.05. The van der Waals surface area contributed by atoms with E-state index in [1.165, 1.54) is 25.3 Å². The van der Waals surface area contributed by atoms with E-state index in [1.807, 2.05) is 30.3 Å². The molecule has 0 amide bonds. The van der Waals surface area contributed by atoms with Crippen LogP contribution in [0.1, 0.15) is 0 Å². The lowest BCUT2D eigenvalue weighted by Crippen LogP contribution is -2.04. The Balaban J connectivity index is 2.34. The van der Waals surface area contributed by atoms with E-state index in [0.717, 1.165) is 5.56 Å². The number of halogens is 1. The minimum Gasteiger partial charge on any atom is -0.494 e. The standard InChI is InChI=1S/C16H12FNO2/c1-20-15-8-11(17)7-12-14(19)9-13(18-16(12)15)10-5-3-2-4-6-10/h2-9H,1H3,(H,18,19). The third-order valence-corrected chi connectivity index (χ3v) is 3.17. The molecule has 1 N–H and O–H groups in total. The Labute approximate surface area is 114 Å². The molecular weight excluding hydrogens is 257 g/mol. The summed E-state index contributed by atoms with van der Waals surface area (Å²) in [5, 5.41) is 0.279. The lowest BCUT2D eigenvalue weighted by Gasteiger charge is -2.08. The zero-order chi connectivity index (χ0) is 14.1. The van der Waals surface area contributed by atoms with Crippen molar-refractivity contribution in [3.8, 4) is 17.0 Å². The van der Waals surface area contributed by atoms with Gasteiger partial charge in [-0.05, 0) is 11.6 Å². The van der Waals surface area contributed by atoms with Crippen LogP contribution in [0.2, 0.25) is 0 Å². The molecule has 3 rings (SSSR count). The van der Waals surface area contributed by atoms with Gasteiger partial charge in [-0.15, -0.1) is 0 Å². The molecule has 3 nitrogen and oxygen atoms in total. The van der Waals surface area contributed by atoms with Crippen LogP contribution in [0.15, 0.2) is 53.3 Å². The number of benzene rings is 2. The first-order chi connectivity index (χ1) is 9.69. The lowest BCUT2D eigenvalue weighted by molar-refractivity contribution is 0.415. The van der Waals surface area contributed by atoms with Crippen molar-refractivity contribution in [3.05, 3.63) is 64.6 Å². The molecule has 0 aliphatic heterocycles. The Morgan fingerprint density at radius 2 is 1.85 bits per heavy atom. The summed E-state index contributed by atoms with van der Waals surface area (Å²) in [4.78, 5) is 15.3. The maximum absolute atomic E-state index is 13.5. The van der Waals surface area contributed by atoms with Crippen molar-refractivity contribution in [2.75, 3.05) is 7.11 Å². The number of aromatic amines is 1. The maximum Gasteiger partial charge on any atom is 0.190 e. The Hall–Kier alpha value is -2.62. The summed E-state index contributed by atoms with van der Waals surface area (Å²) in [6.45, 7) is 0. The molecule has 0 spiro atoms. The van der Waals surface area contributed by atoms with Gasteiger partial charge < -0.3 is 9.72 Å². The van der Waals surface area contributed by atoms with Crippen LogP contribution < -0.4 is 10.2 Å². The second-order valence-corrected chi connectivity index (χ2v) is 4.44. The summed E-state index contributed by atoms with van der Waals surface area (Å²) >= 11 is 0. The van der Waals surface area contributed by atoms with E-state index < -0.39 is 5.82 Å². The largest absolute Gasteiger partial charge is 0.494 e. The predicted octanol–water partition coefficient (Wildman–Crippen LogP) is 3.34. The number of fused-ring (bicyclic) bond motifs is 1. The first kappa shape index (κ1) is 12.4. The Bertz CT molecular complexity index is 825. The second-order valence-electron chi connectivity index (χ2n) is 4.44. The molecule has 3 aromatic rings. The fourth-order valence-electron chi connectivity index (χ4n) is 2.22. The third-order valence-electron chi connectivity index (χ3n) is 3.17. The van der Waals surface area contributed by atoms with Crippen LogP contribution in [0.3, 0.4) is 0 Å². The highest BCUT2D eigenvalue weighted by molar-refractivity contribution is 5.86. The molecule has 2 aromatic carbocycles. The summed E-state index contributed by atoms with van der Waals surface area (Å²) in [7, 11) is 1.45. The van der Waals surface area contributed by atoms with E-state index in [2.05, 4.69) is 4.98 Å². The summed E-state index contributed by atoms with van der Waals surface area (Å²) < 4.78 is 18.6. The highest BCUT2D eigenvalue weighted by Crippen LogP contribution is 2.26. The maximum atomic E-state index is 13.5. The van der Waals surface area contributed by atoms with Gasteiger partial charge >= 0.3 is 0 Å². The number of ether oxygens (including phenoxy) is 1. The van der Waals surface area contributed by atoms with Crippen LogP contribution in [-0.2, 0) is 0 Å². The molecule has 20 heavy (non-hydrogen) atoms. The van der Waals surface area contributed by atoms with Crippen LogP contribution in [0.5, 0.6) is 5.75 Å². The second kappa shape index (κ2) is 4.81. The molecular formula is C16H12FNO2. The van der Waals surface area contributed by atoms with Crippen molar-refractivity contribution in [1.82, 2.24) is 4.98 Å². The topological polar surface area (TPSA) is 42.1 Å². The van der Waals surface area contributed by atoms with Crippen LogP contribution in [-0.4, -0.2) is 12.1 Å². The molecule has 0 bridgehead atoms. The van der Waals surface area contributed by atoms with E-state index in [-0.39, 0.29) is 10.8 Å². The van der Waals surface area contributed by atoms with E-state index in [0.29, 0.717) is 17.0 Å². The minimum atomic E-state index is -0.493. The molecule has 4 heteroatoms. The Morgan fingerprint density at radius 3 is 2.55 bits per heavy atom. The molecule has 0 radical (unpaired) electrons. The first-order valence-electron chi connectivity index (χ1n) is 6.15. The number of nitrogens with one attached hydrogen (secondary N) is 1. The smallest absolute Gasteiger partial charge is 0.190 e. The summed E-state index contributed by atoms with van der Waals surface area (Å²) in [5.41, 5.74) is 1.82. The van der Waals surface area contributed by atoms with E-state index in [9.17, 15) is 9.18 Å². The van der Waals surface area contributed by atoms with Gasteiger partial charge in [0.25, 0.3) is 0 Å². The van der Waals surface area contributed by atoms with Gasteiger partial charge in [-0.25, -0.2) is 4.39 Å². The molecule has 0 atom stereocenters. The average molecular weight is 269 g/mol. The van der Waals surface area contributed by atoms with Crippen molar-refractivity contribution in [2.45, 2.75) is 0 Å². The molecule has 0 fully saturated rings. The molecule has 100 valence electrons. The molecule has 0 aliphatic carbocycles. The van der Waals surface area contributed by atoms with Gasteiger partial charge in [0.15, 0.2) is 5.43 Å². The minimum absolute atomic E-state index is 0.240. The zero-order valence-electron chi connectivity index (χ0n) is 10.8. The van der Waals surface area contributed by atoms with Crippen LogP contribution >= 0.6 is 0 Å². The number of rotatable bonds is 2. The molecule has 0 saturated heterocycles. The van der Waals surface area contributed by atoms with E-state index in [1.54, 1.807) is 0 Å². The van der Waals surface area contributed by atoms with Crippen molar-refractivity contribution in [2.24, 2.45) is 0 Å². The van der Waals surface area contributed by atoms with Crippen molar-refractivity contribution in [1.29, 1.82) is 0 Å². The number of methoxy groups -OCH3 is 1. The average Bonchev–Trinajstić information content (AvgIpc) is 2.48. The van der Waals surface area contributed by atoms with Gasteiger partial charge in [-0.1, -0.05) is 30.3 Å². The molecule has 0 unspecified atom stereocenters. The van der Waals surface area contributed by atoms with Gasteiger partial charge in [-0.2, -0.15) is 0 Å². The van der Waals surface area contributed by atoms with Crippen molar-refractivity contribution < 1.29 is 9.13 Å². The fourth-order valence-corrected chi connectivity index (χ4v) is 2.22. The van der Waals surface area contributed by atoms with Crippen molar-refractivity contribution >= 4 is 10.9 Å². The number of pyridine rings is 1. The molecule has 0 aliphatic rings. The zero-order valence-corrected chi connectivity index (χ0v) is 10.8. The summed E-state index contributed by atoms with van der Waals surface area (Å²) in [6.07, 6.45) is 0. The molecule has 1 heterocycles. The van der Waals surface area contributed by atoms with Gasteiger partial charge in [-0.3, -0.25) is 4.79 Å². The quantitative estimate of drug-likeness (QED) is 0.775. The van der Waals surface area contributed by atoms with E-state index >= 15 is 0 Å². The van der Waals surface area contributed by atoms with Gasteiger partial charge in [0.05, 0.1) is 18.0 Å². The van der Waals surface area contributed by atoms with Crippen LogP contribution in [0.4, 0.5) is 4.39 Å².